The molecule has 2 aromatic carbocycles. The average molecular weight is 319 g/mol. The van der Waals surface area contributed by atoms with Crippen molar-refractivity contribution in [2.45, 2.75) is 20.3 Å². The lowest BCUT2D eigenvalue weighted by Gasteiger charge is -2.07. The highest BCUT2D eigenvalue weighted by Gasteiger charge is 2.14. The molecule has 122 valence electrons. The Morgan fingerprint density at radius 2 is 1.88 bits per heavy atom. The van der Waals surface area contributed by atoms with Crippen molar-refractivity contribution < 1.29 is 4.79 Å². The Bertz CT molecular complexity index is 837. The van der Waals surface area contributed by atoms with Gasteiger partial charge < -0.3 is 5.32 Å². The van der Waals surface area contributed by atoms with Crippen molar-refractivity contribution in [1.82, 2.24) is 15.1 Å². The third-order valence-electron chi connectivity index (χ3n) is 4.04. The van der Waals surface area contributed by atoms with Gasteiger partial charge in [-0.1, -0.05) is 42.5 Å². The second kappa shape index (κ2) is 7.13. The summed E-state index contributed by atoms with van der Waals surface area (Å²) < 4.78 is 1.80. The van der Waals surface area contributed by atoms with Crippen LogP contribution in [0.15, 0.2) is 60.8 Å². The van der Waals surface area contributed by atoms with Crippen LogP contribution in [0.5, 0.6) is 0 Å². The standard InChI is InChI=1S/C20H21N3O/c1-15-7-6-10-18(13-15)23-16(2)19(14-22-23)20(24)21-12-11-17-8-4-3-5-9-17/h3-10,13-14H,11-12H2,1-2H3,(H,21,24). The third kappa shape index (κ3) is 3.54. The molecule has 0 radical (unpaired) electrons. The van der Waals surface area contributed by atoms with Gasteiger partial charge in [0.2, 0.25) is 0 Å². The second-order valence-corrected chi connectivity index (χ2v) is 5.89. The Kier molecular flexibility index (Phi) is 4.75. The van der Waals surface area contributed by atoms with E-state index in [2.05, 4.69) is 28.6 Å². The molecule has 3 rings (SSSR count). The van der Waals surface area contributed by atoms with Gasteiger partial charge in [0, 0.05) is 6.54 Å². The lowest BCUT2D eigenvalue weighted by molar-refractivity contribution is 0.0953. The smallest absolute Gasteiger partial charge is 0.254 e. The van der Waals surface area contributed by atoms with Crippen molar-refractivity contribution in [1.29, 1.82) is 0 Å². The Morgan fingerprint density at radius 1 is 1.08 bits per heavy atom. The molecule has 0 saturated carbocycles. The van der Waals surface area contributed by atoms with E-state index in [0.29, 0.717) is 12.1 Å². The Morgan fingerprint density at radius 3 is 2.62 bits per heavy atom. The van der Waals surface area contributed by atoms with Crippen molar-refractivity contribution in [2.24, 2.45) is 0 Å². The molecule has 0 aliphatic heterocycles. The van der Waals surface area contributed by atoms with Crippen LogP contribution < -0.4 is 5.32 Å². The van der Waals surface area contributed by atoms with Crippen molar-refractivity contribution in [3.05, 3.63) is 83.2 Å². The number of carbonyl (C=O) groups excluding carboxylic acids is 1. The van der Waals surface area contributed by atoms with Crippen molar-refractivity contribution in [3.8, 4) is 5.69 Å². The molecule has 0 unspecified atom stereocenters. The molecule has 1 amide bonds. The fourth-order valence-corrected chi connectivity index (χ4v) is 2.71. The summed E-state index contributed by atoms with van der Waals surface area (Å²) in [7, 11) is 0. The average Bonchev–Trinajstić information content (AvgIpc) is 2.97. The fourth-order valence-electron chi connectivity index (χ4n) is 2.71. The van der Waals surface area contributed by atoms with Gasteiger partial charge in [-0.15, -0.1) is 0 Å². The number of aromatic nitrogens is 2. The summed E-state index contributed by atoms with van der Waals surface area (Å²) in [6.07, 6.45) is 2.45. The van der Waals surface area contributed by atoms with Gasteiger partial charge in [-0.25, -0.2) is 4.68 Å². The maximum atomic E-state index is 12.4. The quantitative estimate of drug-likeness (QED) is 0.783. The maximum Gasteiger partial charge on any atom is 0.254 e. The van der Waals surface area contributed by atoms with Gasteiger partial charge in [0.25, 0.3) is 5.91 Å². The molecule has 0 atom stereocenters. The number of aryl methyl sites for hydroxylation is 1. The predicted octanol–water partition coefficient (Wildman–Crippen LogP) is 3.46. The monoisotopic (exact) mass is 319 g/mol. The molecule has 4 nitrogen and oxygen atoms in total. The van der Waals surface area contributed by atoms with E-state index in [9.17, 15) is 4.79 Å². The van der Waals surface area contributed by atoms with Gasteiger partial charge in [0.15, 0.2) is 0 Å². The third-order valence-corrected chi connectivity index (χ3v) is 4.04. The summed E-state index contributed by atoms with van der Waals surface area (Å²) in [6.45, 7) is 4.57. The van der Waals surface area contributed by atoms with Crippen LogP contribution in [-0.2, 0) is 6.42 Å². The largest absolute Gasteiger partial charge is 0.352 e. The summed E-state index contributed by atoms with van der Waals surface area (Å²) in [5.41, 5.74) is 4.81. The highest BCUT2D eigenvalue weighted by atomic mass is 16.1. The first-order valence-electron chi connectivity index (χ1n) is 8.09. The zero-order chi connectivity index (χ0) is 16.9. The molecule has 4 heteroatoms. The molecule has 0 spiro atoms. The van der Waals surface area contributed by atoms with E-state index < -0.39 is 0 Å². The van der Waals surface area contributed by atoms with Crippen molar-refractivity contribution in [3.63, 3.8) is 0 Å². The molecule has 3 aromatic rings. The first kappa shape index (κ1) is 16.0. The van der Waals surface area contributed by atoms with Crippen LogP contribution in [-0.4, -0.2) is 22.2 Å². The minimum absolute atomic E-state index is 0.0812. The van der Waals surface area contributed by atoms with Gasteiger partial charge in [-0.2, -0.15) is 5.10 Å². The second-order valence-electron chi connectivity index (χ2n) is 5.89. The van der Waals surface area contributed by atoms with Crippen LogP contribution in [0.4, 0.5) is 0 Å². The van der Waals surface area contributed by atoms with Crippen molar-refractivity contribution >= 4 is 5.91 Å². The molecule has 24 heavy (non-hydrogen) atoms. The Hall–Kier alpha value is -2.88. The van der Waals surface area contributed by atoms with E-state index >= 15 is 0 Å². The summed E-state index contributed by atoms with van der Waals surface area (Å²) in [5.74, 6) is -0.0812. The van der Waals surface area contributed by atoms with Crippen LogP contribution in [0.2, 0.25) is 0 Å². The summed E-state index contributed by atoms with van der Waals surface area (Å²) >= 11 is 0. The normalized spacial score (nSPS) is 10.6. The molecule has 1 heterocycles. The molecular weight excluding hydrogens is 298 g/mol. The number of amides is 1. The van der Waals surface area contributed by atoms with Gasteiger partial charge in [-0.3, -0.25) is 4.79 Å². The predicted molar refractivity (Wildman–Crippen MR) is 95.5 cm³/mol. The first-order valence-corrected chi connectivity index (χ1v) is 8.09. The number of nitrogens with zero attached hydrogens (tertiary/aromatic N) is 2. The summed E-state index contributed by atoms with van der Waals surface area (Å²) in [6, 6.07) is 18.2. The van der Waals surface area contributed by atoms with Gasteiger partial charge in [0.1, 0.15) is 0 Å². The zero-order valence-corrected chi connectivity index (χ0v) is 14.0. The topological polar surface area (TPSA) is 46.9 Å². The summed E-state index contributed by atoms with van der Waals surface area (Å²) in [4.78, 5) is 12.4. The minimum Gasteiger partial charge on any atom is -0.352 e. The molecular formula is C20H21N3O. The lowest BCUT2D eigenvalue weighted by atomic mass is 10.1. The number of hydrogen-bond donors (Lipinski definition) is 1. The molecule has 0 aliphatic rings. The van der Waals surface area contributed by atoms with E-state index in [1.807, 2.05) is 50.2 Å². The highest BCUT2D eigenvalue weighted by molar-refractivity contribution is 5.95. The van der Waals surface area contributed by atoms with Gasteiger partial charge >= 0.3 is 0 Å². The molecule has 1 N–H and O–H groups in total. The van der Waals surface area contributed by atoms with E-state index in [4.69, 9.17) is 0 Å². The zero-order valence-electron chi connectivity index (χ0n) is 14.0. The number of carbonyl (C=O) groups is 1. The summed E-state index contributed by atoms with van der Waals surface area (Å²) in [5, 5.41) is 7.34. The molecule has 0 bridgehead atoms. The molecule has 0 saturated heterocycles. The molecule has 1 aromatic heterocycles. The van der Waals surface area contributed by atoms with E-state index in [-0.39, 0.29) is 5.91 Å². The van der Waals surface area contributed by atoms with E-state index in [0.717, 1.165) is 23.4 Å². The first-order chi connectivity index (χ1) is 11.6. The van der Waals surface area contributed by atoms with Crippen LogP contribution in [0, 0.1) is 13.8 Å². The van der Waals surface area contributed by atoms with Crippen LogP contribution >= 0.6 is 0 Å². The van der Waals surface area contributed by atoms with Crippen LogP contribution in [0.1, 0.15) is 27.2 Å². The Balaban J connectivity index is 1.68. The van der Waals surface area contributed by atoms with Crippen molar-refractivity contribution in [2.75, 3.05) is 6.54 Å². The van der Waals surface area contributed by atoms with E-state index in [1.54, 1.807) is 10.9 Å². The lowest BCUT2D eigenvalue weighted by Crippen LogP contribution is -2.26. The fraction of sp³-hybridized carbons (Fsp3) is 0.200. The van der Waals surface area contributed by atoms with Crippen LogP contribution in [0.3, 0.4) is 0 Å². The van der Waals surface area contributed by atoms with Crippen LogP contribution in [0.25, 0.3) is 5.69 Å². The van der Waals surface area contributed by atoms with E-state index in [1.165, 1.54) is 5.56 Å². The maximum absolute atomic E-state index is 12.4. The molecule has 0 fully saturated rings. The number of nitrogens with one attached hydrogen (secondary N) is 1. The highest BCUT2D eigenvalue weighted by Crippen LogP contribution is 2.15. The van der Waals surface area contributed by atoms with Gasteiger partial charge in [0.05, 0.1) is 23.1 Å². The molecule has 0 aliphatic carbocycles. The number of benzene rings is 2. The minimum atomic E-state index is -0.0812. The Labute approximate surface area is 142 Å². The van der Waals surface area contributed by atoms with Gasteiger partial charge in [-0.05, 0) is 43.5 Å². The number of hydrogen-bond acceptors (Lipinski definition) is 2. The SMILES string of the molecule is Cc1cccc(-n2ncc(C(=O)NCCc3ccccc3)c2C)c1. The number of rotatable bonds is 5.